The van der Waals surface area contributed by atoms with Gasteiger partial charge in [-0.25, -0.2) is 0 Å². The molecule has 0 aliphatic rings. The Balaban J connectivity index is 3.96. The second-order valence-corrected chi connectivity index (χ2v) is 5.85. The van der Waals surface area contributed by atoms with Gasteiger partial charge in [0, 0.05) is 19.4 Å². The van der Waals surface area contributed by atoms with Gasteiger partial charge in [-0.2, -0.15) is 0 Å². The lowest BCUT2D eigenvalue weighted by molar-refractivity contribution is 0.185. The quantitative estimate of drug-likeness (QED) is 0.616. The molecule has 0 saturated carbocycles. The van der Waals surface area contributed by atoms with Crippen LogP contribution in [0.4, 0.5) is 0 Å². The largest absolute Gasteiger partial charge is 0.394 e. The zero-order valence-electron chi connectivity index (χ0n) is 7.72. The normalized spacial score (nSPS) is 12.0. The summed E-state index contributed by atoms with van der Waals surface area (Å²) in [5.41, 5.74) is 5.60. The van der Waals surface area contributed by atoms with Crippen LogP contribution < -0.4 is 5.73 Å². The molecule has 0 spiro atoms. The van der Waals surface area contributed by atoms with Crippen LogP contribution in [0.3, 0.4) is 0 Å². The van der Waals surface area contributed by atoms with E-state index >= 15 is 0 Å². The van der Waals surface area contributed by atoms with Crippen LogP contribution in [-0.2, 0) is 8.85 Å². The molecular formula is C7H19NO2Si. The highest BCUT2D eigenvalue weighted by molar-refractivity contribution is 6.67. The van der Waals surface area contributed by atoms with E-state index < -0.39 is 8.56 Å². The maximum atomic E-state index is 5.60. The minimum Gasteiger partial charge on any atom is -0.394 e. The molecule has 0 aromatic heterocycles. The average molecular weight is 177 g/mol. The first-order valence-electron chi connectivity index (χ1n) is 4.22. The van der Waals surface area contributed by atoms with E-state index in [1.165, 1.54) is 0 Å². The lowest BCUT2D eigenvalue weighted by Gasteiger charge is -2.26. The Hall–Kier alpha value is 0.0969. The van der Waals surface area contributed by atoms with Gasteiger partial charge in [-0.3, -0.25) is 0 Å². The van der Waals surface area contributed by atoms with Gasteiger partial charge in [-0.05, 0) is 19.9 Å². The van der Waals surface area contributed by atoms with Crippen molar-refractivity contribution in [3.8, 4) is 0 Å². The Labute approximate surface area is 70.1 Å². The van der Waals surface area contributed by atoms with Gasteiger partial charge in [0.1, 0.15) is 0 Å². The molecule has 0 radical (unpaired) electrons. The Morgan fingerprint density at radius 1 is 1.09 bits per heavy atom. The predicted molar refractivity (Wildman–Crippen MR) is 48.5 cm³/mol. The lowest BCUT2D eigenvalue weighted by Crippen LogP contribution is -2.49. The van der Waals surface area contributed by atoms with E-state index in [0.717, 1.165) is 6.04 Å². The van der Waals surface area contributed by atoms with Crippen LogP contribution in [0.2, 0.25) is 6.04 Å². The molecule has 0 rings (SSSR count). The summed E-state index contributed by atoms with van der Waals surface area (Å²) in [5, 5.41) is 0. The van der Waals surface area contributed by atoms with Crippen molar-refractivity contribution in [1.82, 2.24) is 0 Å². The SMILES string of the molecule is CCO[Si](CC)(CN)OCC. The molecule has 0 amide bonds. The monoisotopic (exact) mass is 177 g/mol. The molecule has 0 aliphatic carbocycles. The van der Waals surface area contributed by atoms with Gasteiger partial charge in [0.25, 0.3) is 0 Å². The van der Waals surface area contributed by atoms with Crippen LogP contribution in [0.5, 0.6) is 0 Å². The van der Waals surface area contributed by atoms with Crippen molar-refractivity contribution in [1.29, 1.82) is 0 Å². The third-order valence-electron chi connectivity index (χ3n) is 1.66. The number of rotatable bonds is 6. The van der Waals surface area contributed by atoms with Crippen LogP contribution in [0.1, 0.15) is 20.8 Å². The van der Waals surface area contributed by atoms with Crippen molar-refractivity contribution in [2.24, 2.45) is 5.73 Å². The van der Waals surface area contributed by atoms with Crippen LogP contribution >= 0.6 is 0 Å². The summed E-state index contributed by atoms with van der Waals surface area (Å²) in [5.74, 6) is 0. The third-order valence-corrected chi connectivity index (χ3v) is 4.99. The number of hydrogen-bond donors (Lipinski definition) is 1. The third kappa shape index (κ3) is 3.33. The molecule has 4 heteroatoms. The molecule has 0 heterocycles. The Kier molecular flexibility index (Phi) is 5.76. The molecule has 3 nitrogen and oxygen atoms in total. The zero-order valence-corrected chi connectivity index (χ0v) is 8.72. The van der Waals surface area contributed by atoms with Crippen LogP contribution in [0, 0.1) is 0 Å². The molecule has 0 unspecified atom stereocenters. The summed E-state index contributed by atoms with van der Waals surface area (Å²) in [6.07, 6.45) is 0.561. The van der Waals surface area contributed by atoms with Crippen LogP contribution in [0.15, 0.2) is 0 Å². The highest BCUT2D eigenvalue weighted by atomic mass is 28.4. The average Bonchev–Trinajstić information content (AvgIpc) is 2.04. The van der Waals surface area contributed by atoms with Crippen molar-refractivity contribution in [2.45, 2.75) is 26.8 Å². The van der Waals surface area contributed by atoms with Crippen molar-refractivity contribution in [3.63, 3.8) is 0 Å². The van der Waals surface area contributed by atoms with E-state index in [4.69, 9.17) is 14.6 Å². The van der Waals surface area contributed by atoms with Crippen LogP contribution in [0.25, 0.3) is 0 Å². The van der Waals surface area contributed by atoms with Gasteiger partial charge in [0.2, 0.25) is 0 Å². The summed E-state index contributed by atoms with van der Waals surface area (Å²) in [7, 11) is -1.97. The van der Waals surface area contributed by atoms with Gasteiger partial charge >= 0.3 is 8.56 Å². The van der Waals surface area contributed by atoms with Gasteiger partial charge in [0.05, 0.1) is 0 Å². The summed E-state index contributed by atoms with van der Waals surface area (Å²) in [6.45, 7) is 7.44. The molecule has 2 N–H and O–H groups in total. The predicted octanol–water partition coefficient (Wildman–Crippen LogP) is 1.02. The Morgan fingerprint density at radius 2 is 1.55 bits per heavy atom. The first-order valence-corrected chi connectivity index (χ1v) is 6.45. The minimum atomic E-state index is -1.97. The van der Waals surface area contributed by atoms with Crippen molar-refractivity contribution < 1.29 is 8.85 Å². The minimum absolute atomic E-state index is 0.561. The summed E-state index contributed by atoms with van der Waals surface area (Å²) in [6, 6.07) is 0.936. The fourth-order valence-corrected chi connectivity index (χ4v) is 3.10. The second-order valence-electron chi connectivity index (χ2n) is 2.33. The molecular weight excluding hydrogens is 158 g/mol. The maximum absolute atomic E-state index is 5.60. The second kappa shape index (κ2) is 5.71. The molecule has 0 aliphatic heterocycles. The van der Waals surface area contributed by atoms with Gasteiger partial charge in [0.15, 0.2) is 0 Å². The maximum Gasteiger partial charge on any atom is 0.351 e. The van der Waals surface area contributed by atoms with Crippen molar-refractivity contribution in [3.05, 3.63) is 0 Å². The Bertz CT molecular complexity index is 88.4. The molecule has 11 heavy (non-hydrogen) atoms. The highest BCUT2D eigenvalue weighted by Crippen LogP contribution is 2.10. The number of hydrogen-bond acceptors (Lipinski definition) is 3. The molecule has 0 saturated heterocycles. The Morgan fingerprint density at radius 3 is 1.73 bits per heavy atom. The van der Waals surface area contributed by atoms with E-state index in [9.17, 15) is 0 Å². The van der Waals surface area contributed by atoms with Crippen molar-refractivity contribution >= 4 is 8.56 Å². The van der Waals surface area contributed by atoms with Gasteiger partial charge in [-0.15, -0.1) is 0 Å². The topological polar surface area (TPSA) is 44.5 Å². The van der Waals surface area contributed by atoms with Gasteiger partial charge < -0.3 is 14.6 Å². The molecule has 68 valence electrons. The fourth-order valence-electron chi connectivity index (χ4n) is 1.03. The molecule has 0 bridgehead atoms. The first-order chi connectivity index (χ1) is 5.24. The summed E-state index contributed by atoms with van der Waals surface area (Å²) in [4.78, 5) is 0. The van der Waals surface area contributed by atoms with Crippen LogP contribution in [-0.4, -0.2) is 27.9 Å². The lowest BCUT2D eigenvalue weighted by atomic mass is 10.9. The zero-order chi connectivity index (χ0) is 8.74. The smallest absolute Gasteiger partial charge is 0.351 e. The molecule has 0 atom stereocenters. The van der Waals surface area contributed by atoms with Gasteiger partial charge in [-0.1, -0.05) is 6.92 Å². The first kappa shape index (κ1) is 11.1. The van der Waals surface area contributed by atoms with E-state index in [-0.39, 0.29) is 0 Å². The van der Waals surface area contributed by atoms with E-state index in [2.05, 4.69) is 6.92 Å². The number of nitrogens with two attached hydrogens (primary N) is 1. The summed E-state index contributed by atoms with van der Waals surface area (Å²) < 4.78 is 11.1. The van der Waals surface area contributed by atoms with E-state index in [1.54, 1.807) is 0 Å². The van der Waals surface area contributed by atoms with E-state index in [0.29, 0.717) is 19.4 Å². The fraction of sp³-hybridized carbons (Fsp3) is 1.00. The standard InChI is InChI=1S/C7H19NO2Si/c1-4-9-11(6-3,7-8)10-5-2/h4-8H2,1-3H3. The van der Waals surface area contributed by atoms with Crippen molar-refractivity contribution in [2.75, 3.05) is 19.4 Å². The summed E-state index contributed by atoms with van der Waals surface area (Å²) >= 11 is 0. The highest BCUT2D eigenvalue weighted by Gasteiger charge is 2.32. The van der Waals surface area contributed by atoms with E-state index in [1.807, 2.05) is 13.8 Å². The molecule has 0 fully saturated rings. The molecule has 0 aromatic carbocycles. The molecule has 0 aromatic rings.